The van der Waals surface area contributed by atoms with E-state index in [1.165, 1.54) is 55.6 Å². The van der Waals surface area contributed by atoms with Crippen LogP contribution in [0.15, 0.2) is 71.6 Å². The lowest BCUT2D eigenvalue weighted by molar-refractivity contribution is -0.0512. The molecule has 32 heavy (non-hydrogen) atoms. The summed E-state index contributed by atoms with van der Waals surface area (Å²) in [4.78, 5) is 12.5. The minimum absolute atomic E-state index is 0.00361. The van der Waals surface area contributed by atoms with Crippen molar-refractivity contribution in [1.82, 2.24) is 0 Å². The van der Waals surface area contributed by atoms with Crippen LogP contribution in [0.3, 0.4) is 0 Å². The number of carbonyl (C=O) groups excluding carboxylic acids is 1. The molecule has 3 aromatic carbocycles. The van der Waals surface area contributed by atoms with Gasteiger partial charge in [-0.05, 0) is 48.5 Å². The summed E-state index contributed by atoms with van der Waals surface area (Å²) < 4.78 is 62.3. The molecule has 2 N–H and O–H groups in total. The zero-order chi connectivity index (χ0) is 23.3. The maximum atomic E-state index is 12.7. The molecule has 11 heteroatoms. The molecule has 0 heterocycles. The summed E-state index contributed by atoms with van der Waals surface area (Å²) in [7, 11) is -2.72. The number of benzene rings is 3. The first-order valence-corrected chi connectivity index (χ1v) is 10.9. The van der Waals surface area contributed by atoms with Crippen LogP contribution in [0.1, 0.15) is 10.4 Å². The zero-order valence-electron chi connectivity index (χ0n) is 16.5. The summed E-state index contributed by atoms with van der Waals surface area (Å²) in [5.74, 6) is -0.948. The van der Waals surface area contributed by atoms with Gasteiger partial charge in [-0.25, -0.2) is 8.42 Å². The van der Waals surface area contributed by atoms with Crippen molar-refractivity contribution in [2.75, 3.05) is 17.1 Å². The van der Waals surface area contributed by atoms with Crippen LogP contribution in [0.2, 0.25) is 5.02 Å². The van der Waals surface area contributed by atoms with Crippen molar-refractivity contribution in [1.29, 1.82) is 0 Å². The number of sulfonamides is 1. The summed E-state index contributed by atoms with van der Waals surface area (Å²) in [5.41, 5.74) is 0.376. The van der Waals surface area contributed by atoms with Crippen molar-refractivity contribution in [3.63, 3.8) is 0 Å². The maximum absolute atomic E-state index is 12.7. The smallest absolute Gasteiger partial charge is 0.387 e. The van der Waals surface area contributed by atoms with Crippen molar-refractivity contribution in [3.05, 3.63) is 77.3 Å². The largest absolute Gasteiger partial charge is 0.493 e. The molecule has 0 aliphatic carbocycles. The minimum Gasteiger partial charge on any atom is -0.493 e. The second-order valence-corrected chi connectivity index (χ2v) is 8.40. The molecule has 0 aromatic heterocycles. The fraction of sp³-hybridized carbons (Fsp3) is 0.0952. The highest BCUT2D eigenvalue weighted by Crippen LogP contribution is 2.30. The molecule has 1 amide bonds. The minimum atomic E-state index is -3.99. The van der Waals surface area contributed by atoms with E-state index in [2.05, 4.69) is 14.8 Å². The van der Waals surface area contributed by atoms with Crippen LogP contribution in [-0.2, 0) is 10.0 Å². The first kappa shape index (κ1) is 23.3. The van der Waals surface area contributed by atoms with Crippen molar-refractivity contribution in [2.45, 2.75) is 11.5 Å². The third kappa shape index (κ3) is 5.65. The number of rotatable bonds is 8. The summed E-state index contributed by atoms with van der Waals surface area (Å²) in [6, 6.07) is 15.6. The van der Waals surface area contributed by atoms with Gasteiger partial charge in [-0.2, -0.15) is 8.78 Å². The van der Waals surface area contributed by atoms with E-state index < -0.39 is 22.5 Å². The molecule has 0 radical (unpaired) electrons. The number of carbonyl (C=O) groups is 1. The molecule has 0 spiro atoms. The van der Waals surface area contributed by atoms with Gasteiger partial charge < -0.3 is 14.8 Å². The van der Waals surface area contributed by atoms with E-state index in [4.69, 9.17) is 16.3 Å². The summed E-state index contributed by atoms with van der Waals surface area (Å²) in [5, 5.41) is 2.75. The average molecular weight is 483 g/mol. The highest BCUT2D eigenvalue weighted by Gasteiger charge is 2.18. The summed E-state index contributed by atoms with van der Waals surface area (Å²) >= 11 is 6.00. The molecule has 0 bridgehead atoms. The fourth-order valence-electron chi connectivity index (χ4n) is 2.70. The number of hydrogen-bond donors (Lipinski definition) is 2. The van der Waals surface area contributed by atoms with Gasteiger partial charge in [0.25, 0.3) is 15.9 Å². The van der Waals surface area contributed by atoms with E-state index in [0.29, 0.717) is 0 Å². The molecule has 0 atom stereocenters. The number of para-hydroxylation sites is 1. The SMILES string of the molecule is COc1ccc(C(=O)Nc2cccc(S(=O)(=O)Nc3ccccc3Cl)c2)cc1OC(F)F. The van der Waals surface area contributed by atoms with Crippen LogP contribution in [-0.4, -0.2) is 28.0 Å². The second-order valence-electron chi connectivity index (χ2n) is 6.31. The Hall–Kier alpha value is -3.37. The van der Waals surface area contributed by atoms with Gasteiger partial charge in [0.15, 0.2) is 11.5 Å². The third-order valence-electron chi connectivity index (χ3n) is 4.16. The Kier molecular flexibility index (Phi) is 7.16. The molecular formula is C21H17ClF2N2O5S. The van der Waals surface area contributed by atoms with E-state index in [0.717, 1.165) is 6.07 Å². The zero-order valence-corrected chi connectivity index (χ0v) is 18.1. The van der Waals surface area contributed by atoms with Gasteiger partial charge in [-0.1, -0.05) is 29.8 Å². The van der Waals surface area contributed by atoms with E-state index in [1.807, 2.05) is 0 Å². The van der Waals surface area contributed by atoms with Gasteiger partial charge in [0.2, 0.25) is 0 Å². The summed E-state index contributed by atoms with van der Waals surface area (Å²) in [6.07, 6.45) is 0. The standard InChI is InChI=1S/C21H17ClF2N2O5S/c1-30-18-10-9-13(11-19(18)31-21(23)24)20(27)25-14-5-4-6-15(12-14)32(28,29)26-17-8-3-2-7-16(17)22/h2-12,21,26H,1H3,(H,25,27). The van der Waals surface area contributed by atoms with Gasteiger partial charge in [0.1, 0.15) is 0 Å². The quantitative estimate of drug-likeness (QED) is 0.471. The normalized spacial score (nSPS) is 11.2. The van der Waals surface area contributed by atoms with Crippen molar-refractivity contribution < 1.29 is 31.5 Å². The lowest BCUT2D eigenvalue weighted by Crippen LogP contribution is -2.15. The van der Waals surface area contributed by atoms with Crippen LogP contribution in [0.5, 0.6) is 11.5 Å². The molecule has 0 saturated heterocycles. The topological polar surface area (TPSA) is 93.7 Å². The summed E-state index contributed by atoms with van der Waals surface area (Å²) in [6.45, 7) is -3.10. The molecule has 3 aromatic rings. The number of anilines is 2. The van der Waals surface area contributed by atoms with Gasteiger partial charge in [0.05, 0.1) is 22.7 Å². The average Bonchev–Trinajstić information content (AvgIpc) is 2.75. The molecule has 0 aliphatic rings. The van der Waals surface area contributed by atoms with Crippen LogP contribution < -0.4 is 19.5 Å². The third-order valence-corrected chi connectivity index (χ3v) is 5.86. The lowest BCUT2D eigenvalue weighted by Gasteiger charge is -2.13. The second kappa shape index (κ2) is 9.84. The van der Waals surface area contributed by atoms with Crippen LogP contribution in [0.25, 0.3) is 0 Å². The predicted octanol–water partition coefficient (Wildman–Crippen LogP) is 5.00. The fourth-order valence-corrected chi connectivity index (χ4v) is 4.06. The number of amides is 1. The van der Waals surface area contributed by atoms with Crippen molar-refractivity contribution >= 4 is 38.9 Å². The molecule has 3 rings (SSSR count). The van der Waals surface area contributed by atoms with E-state index >= 15 is 0 Å². The molecule has 7 nitrogen and oxygen atoms in total. The highest BCUT2D eigenvalue weighted by molar-refractivity contribution is 7.92. The Labute approximate surface area is 188 Å². The molecular weight excluding hydrogens is 466 g/mol. The number of halogens is 3. The van der Waals surface area contributed by atoms with Crippen LogP contribution in [0, 0.1) is 0 Å². The number of methoxy groups -OCH3 is 1. The highest BCUT2D eigenvalue weighted by atomic mass is 35.5. The Morgan fingerprint density at radius 2 is 1.75 bits per heavy atom. The lowest BCUT2D eigenvalue weighted by atomic mass is 10.2. The van der Waals surface area contributed by atoms with Crippen LogP contribution >= 0.6 is 11.6 Å². The van der Waals surface area contributed by atoms with Crippen LogP contribution in [0.4, 0.5) is 20.2 Å². The number of nitrogens with one attached hydrogen (secondary N) is 2. The van der Waals surface area contributed by atoms with Crippen molar-refractivity contribution in [2.24, 2.45) is 0 Å². The van der Waals surface area contributed by atoms with Crippen molar-refractivity contribution in [3.8, 4) is 11.5 Å². The maximum Gasteiger partial charge on any atom is 0.387 e. The Morgan fingerprint density at radius 3 is 2.44 bits per heavy atom. The molecule has 168 valence electrons. The number of hydrogen-bond acceptors (Lipinski definition) is 5. The van der Waals surface area contributed by atoms with Gasteiger partial charge >= 0.3 is 6.61 Å². The van der Waals surface area contributed by atoms with E-state index in [1.54, 1.807) is 12.1 Å². The molecule has 0 saturated carbocycles. The predicted molar refractivity (Wildman–Crippen MR) is 116 cm³/mol. The molecule has 0 unspecified atom stereocenters. The Balaban J connectivity index is 1.81. The Morgan fingerprint density at radius 1 is 1.00 bits per heavy atom. The van der Waals surface area contributed by atoms with Gasteiger partial charge in [0, 0.05) is 11.3 Å². The number of ether oxygens (including phenoxy) is 2. The molecule has 0 fully saturated rings. The van der Waals surface area contributed by atoms with E-state index in [-0.39, 0.29) is 38.4 Å². The van der Waals surface area contributed by atoms with Gasteiger partial charge in [-0.15, -0.1) is 0 Å². The van der Waals surface area contributed by atoms with E-state index in [9.17, 15) is 22.0 Å². The first-order valence-electron chi connectivity index (χ1n) is 9.01. The monoisotopic (exact) mass is 482 g/mol. The Bertz CT molecular complexity index is 1240. The molecule has 0 aliphatic heterocycles. The number of alkyl halides is 2. The first-order chi connectivity index (χ1) is 15.2. The van der Waals surface area contributed by atoms with Gasteiger partial charge in [-0.3, -0.25) is 9.52 Å².